The van der Waals surface area contributed by atoms with Crippen molar-refractivity contribution in [3.8, 4) is 0 Å². The molecule has 1 aliphatic heterocycles. The van der Waals surface area contributed by atoms with Crippen LogP contribution in [0.5, 0.6) is 0 Å². The fourth-order valence-electron chi connectivity index (χ4n) is 2.17. The Morgan fingerprint density at radius 2 is 2.37 bits per heavy atom. The molecule has 0 atom stereocenters. The fraction of sp³-hybridized carbons (Fsp3) is 0.417. The maximum atomic E-state index is 10.7. The summed E-state index contributed by atoms with van der Waals surface area (Å²) in [5.41, 5.74) is 1.39. The third kappa shape index (κ3) is 2.66. The standard InChI is InChI=1S/C12H14N4O2S/c17-12(18)11-7-16(14-13-11)10-5-15(6-10)3-1-9-2-4-19-8-9/h2,4,7-8,10H,1,3,5-6H2,(H,17,18). The molecule has 0 aliphatic carbocycles. The summed E-state index contributed by atoms with van der Waals surface area (Å²) >= 11 is 1.72. The highest BCUT2D eigenvalue weighted by atomic mass is 32.1. The first-order chi connectivity index (χ1) is 9.22. The molecular formula is C12H14N4O2S. The van der Waals surface area contributed by atoms with Crippen molar-refractivity contribution < 1.29 is 9.90 Å². The highest BCUT2D eigenvalue weighted by Gasteiger charge is 2.29. The van der Waals surface area contributed by atoms with Gasteiger partial charge in [0, 0.05) is 19.6 Å². The van der Waals surface area contributed by atoms with Gasteiger partial charge in [0.15, 0.2) is 5.69 Å². The number of hydrogen-bond acceptors (Lipinski definition) is 5. The lowest BCUT2D eigenvalue weighted by Gasteiger charge is -2.38. The first-order valence-corrected chi connectivity index (χ1v) is 7.05. The summed E-state index contributed by atoms with van der Waals surface area (Å²) < 4.78 is 1.66. The van der Waals surface area contributed by atoms with Crippen LogP contribution in [0.1, 0.15) is 22.1 Å². The molecule has 0 saturated carbocycles. The van der Waals surface area contributed by atoms with E-state index in [1.165, 1.54) is 11.8 Å². The molecule has 0 spiro atoms. The average molecular weight is 278 g/mol. The molecule has 2 aromatic rings. The van der Waals surface area contributed by atoms with Crippen molar-refractivity contribution in [2.24, 2.45) is 0 Å². The monoisotopic (exact) mass is 278 g/mol. The Morgan fingerprint density at radius 3 is 3.00 bits per heavy atom. The molecule has 0 bridgehead atoms. The van der Waals surface area contributed by atoms with E-state index in [0.717, 1.165) is 26.1 Å². The van der Waals surface area contributed by atoms with Gasteiger partial charge in [-0.1, -0.05) is 5.21 Å². The lowest BCUT2D eigenvalue weighted by atomic mass is 10.1. The van der Waals surface area contributed by atoms with Gasteiger partial charge in [-0.3, -0.25) is 4.90 Å². The fourth-order valence-corrected chi connectivity index (χ4v) is 2.87. The average Bonchev–Trinajstić information content (AvgIpc) is 2.96. The molecule has 1 fully saturated rings. The van der Waals surface area contributed by atoms with Gasteiger partial charge in [-0.25, -0.2) is 9.48 Å². The van der Waals surface area contributed by atoms with Crippen molar-refractivity contribution in [1.29, 1.82) is 0 Å². The van der Waals surface area contributed by atoms with E-state index >= 15 is 0 Å². The number of rotatable bonds is 5. The summed E-state index contributed by atoms with van der Waals surface area (Å²) in [7, 11) is 0. The van der Waals surface area contributed by atoms with Crippen LogP contribution in [-0.4, -0.2) is 50.6 Å². The van der Waals surface area contributed by atoms with E-state index in [1.54, 1.807) is 16.0 Å². The molecule has 0 unspecified atom stereocenters. The number of hydrogen-bond donors (Lipinski definition) is 1. The summed E-state index contributed by atoms with van der Waals surface area (Å²) in [6, 6.07) is 2.40. The van der Waals surface area contributed by atoms with Crippen molar-refractivity contribution >= 4 is 17.3 Å². The van der Waals surface area contributed by atoms with Gasteiger partial charge in [0.2, 0.25) is 0 Å². The largest absolute Gasteiger partial charge is 0.476 e. The molecule has 0 aromatic carbocycles. The van der Waals surface area contributed by atoms with E-state index in [1.807, 2.05) is 0 Å². The van der Waals surface area contributed by atoms with Crippen LogP contribution in [0, 0.1) is 0 Å². The number of thiophene rings is 1. The minimum absolute atomic E-state index is 0.0109. The lowest BCUT2D eigenvalue weighted by molar-refractivity contribution is 0.0690. The summed E-state index contributed by atoms with van der Waals surface area (Å²) in [6.07, 6.45) is 2.57. The molecule has 3 heterocycles. The smallest absolute Gasteiger partial charge is 0.358 e. The zero-order valence-corrected chi connectivity index (χ0v) is 11.1. The zero-order chi connectivity index (χ0) is 13.2. The third-order valence-electron chi connectivity index (χ3n) is 3.34. The Bertz CT molecular complexity index is 560. The minimum Gasteiger partial charge on any atom is -0.476 e. The normalized spacial score (nSPS) is 16.4. The molecule has 7 heteroatoms. The maximum absolute atomic E-state index is 10.7. The Kier molecular flexibility index (Phi) is 3.31. The number of carbonyl (C=O) groups is 1. The SMILES string of the molecule is O=C(O)c1cn(C2CN(CCc3ccsc3)C2)nn1. The second-order valence-electron chi connectivity index (χ2n) is 4.68. The van der Waals surface area contributed by atoms with Crippen LogP contribution in [0.2, 0.25) is 0 Å². The van der Waals surface area contributed by atoms with Gasteiger partial charge < -0.3 is 5.11 Å². The van der Waals surface area contributed by atoms with Gasteiger partial charge in [-0.15, -0.1) is 5.10 Å². The molecule has 2 aromatic heterocycles. The number of carboxylic acid groups (broad SMARTS) is 1. The molecule has 3 rings (SSSR count). The van der Waals surface area contributed by atoms with Gasteiger partial charge in [0.25, 0.3) is 0 Å². The molecule has 6 nitrogen and oxygen atoms in total. The van der Waals surface area contributed by atoms with Crippen LogP contribution in [0.25, 0.3) is 0 Å². The second-order valence-corrected chi connectivity index (χ2v) is 5.46. The Hall–Kier alpha value is -1.73. The number of nitrogens with zero attached hydrogens (tertiary/aromatic N) is 4. The molecule has 1 saturated heterocycles. The van der Waals surface area contributed by atoms with Gasteiger partial charge in [0.05, 0.1) is 12.2 Å². The van der Waals surface area contributed by atoms with Crippen molar-refractivity contribution in [2.45, 2.75) is 12.5 Å². The van der Waals surface area contributed by atoms with Crippen LogP contribution >= 0.6 is 11.3 Å². The number of aromatic carboxylic acids is 1. The van der Waals surface area contributed by atoms with E-state index in [2.05, 4.69) is 32.0 Å². The predicted octanol–water partition coefficient (Wildman–Crippen LogP) is 1.14. The van der Waals surface area contributed by atoms with Crippen LogP contribution in [-0.2, 0) is 6.42 Å². The van der Waals surface area contributed by atoms with E-state index < -0.39 is 5.97 Å². The van der Waals surface area contributed by atoms with Crippen molar-refractivity contribution in [3.05, 3.63) is 34.3 Å². The first kappa shape index (κ1) is 12.3. The van der Waals surface area contributed by atoms with Crippen molar-refractivity contribution in [1.82, 2.24) is 19.9 Å². The van der Waals surface area contributed by atoms with Gasteiger partial charge in [-0.2, -0.15) is 11.3 Å². The molecular weight excluding hydrogens is 264 g/mol. The molecule has 19 heavy (non-hydrogen) atoms. The zero-order valence-electron chi connectivity index (χ0n) is 10.3. The molecule has 0 amide bonds. The van der Waals surface area contributed by atoms with Gasteiger partial charge in [-0.05, 0) is 28.8 Å². The summed E-state index contributed by atoms with van der Waals surface area (Å²) in [5.74, 6) is -1.03. The highest BCUT2D eigenvalue weighted by Crippen LogP contribution is 2.20. The molecule has 0 radical (unpaired) electrons. The van der Waals surface area contributed by atoms with Crippen molar-refractivity contribution in [3.63, 3.8) is 0 Å². The first-order valence-electron chi connectivity index (χ1n) is 6.11. The predicted molar refractivity (Wildman–Crippen MR) is 70.5 cm³/mol. The van der Waals surface area contributed by atoms with Gasteiger partial charge in [0.1, 0.15) is 0 Å². The number of aromatic nitrogens is 3. The molecule has 1 N–H and O–H groups in total. The summed E-state index contributed by atoms with van der Waals surface area (Å²) in [6.45, 7) is 2.85. The summed E-state index contributed by atoms with van der Waals surface area (Å²) in [5, 5.41) is 20.5. The second kappa shape index (κ2) is 5.10. The summed E-state index contributed by atoms with van der Waals surface area (Å²) in [4.78, 5) is 13.1. The van der Waals surface area contributed by atoms with E-state index in [4.69, 9.17) is 5.11 Å². The highest BCUT2D eigenvalue weighted by molar-refractivity contribution is 7.07. The Morgan fingerprint density at radius 1 is 1.53 bits per heavy atom. The molecule has 100 valence electrons. The topological polar surface area (TPSA) is 71.2 Å². The van der Waals surface area contributed by atoms with Crippen molar-refractivity contribution in [2.75, 3.05) is 19.6 Å². The number of carboxylic acids is 1. The van der Waals surface area contributed by atoms with E-state index in [9.17, 15) is 4.79 Å². The number of likely N-dealkylation sites (tertiary alicyclic amines) is 1. The lowest BCUT2D eigenvalue weighted by Crippen LogP contribution is -2.48. The van der Waals surface area contributed by atoms with Crippen LogP contribution in [0.15, 0.2) is 23.0 Å². The molecule has 1 aliphatic rings. The van der Waals surface area contributed by atoms with Crippen LogP contribution in [0.4, 0.5) is 0 Å². The Labute approximate surface area is 114 Å². The van der Waals surface area contributed by atoms with Crippen LogP contribution < -0.4 is 0 Å². The minimum atomic E-state index is -1.03. The third-order valence-corrected chi connectivity index (χ3v) is 4.07. The maximum Gasteiger partial charge on any atom is 0.358 e. The Balaban J connectivity index is 1.48. The van der Waals surface area contributed by atoms with E-state index in [0.29, 0.717) is 0 Å². The quantitative estimate of drug-likeness (QED) is 0.888. The van der Waals surface area contributed by atoms with Crippen LogP contribution in [0.3, 0.4) is 0 Å². The van der Waals surface area contributed by atoms with E-state index in [-0.39, 0.29) is 11.7 Å². The van der Waals surface area contributed by atoms with Gasteiger partial charge >= 0.3 is 5.97 Å².